The zero-order valence-corrected chi connectivity index (χ0v) is 19.9. The smallest absolute Gasteiger partial charge is 0.323 e. The van der Waals surface area contributed by atoms with Crippen molar-refractivity contribution in [3.63, 3.8) is 0 Å². The van der Waals surface area contributed by atoms with Crippen LogP contribution in [0, 0.1) is 0 Å². The van der Waals surface area contributed by atoms with E-state index >= 15 is 0 Å². The highest BCUT2D eigenvalue weighted by molar-refractivity contribution is 8.27. The molecular weight excluding hydrogens is 460 g/mol. The number of nitrogens with zero attached hydrogens (tertiary/aromatic N) is 2. The van der Waals surface area contributed by atoms with Gasteiger partial charge in [-0.2, -0.15) is 0 Å². The molecule has 0 atom stereocenters. The summed E-state index contributed by atoms with van der Waals surface area (Å²) in [4.78, 5) is 29.4. The van der Waals surface area contributed by atoms with Gasteiger partial charge < -0.3 is 10.0 Å². The summed E-state index contributed by atoms with van der Waals surface area (Å²) in [6, 6.07) is 20.3. The first kappa shape index (κ1) is 22.6. The highest BCUT2D eigenvalue weighted by atomic mass is 32.2. The fraction of sp³-hybridized carbons (Fsp3) is 0.208. The van der Waals surface area contributed by atoms with Crippen molar-refractivity contribution < 1.29 is 14.7 Å². The Hall–Kier alpha value is -2.55. The van der Waals surface area contributed by atoms with Crippen molar-refractivity contribution in [1.82, 2.24) is 9.80 Å². The normalized spacial score (nSPS) is 18.8. The molecule has 0 radical (unpaired) electrons. The maximum absolute atomic E-state index is 13.2. The Morgan fingerprint density at radius 3 is 2.16 bits per heavy atom. The standard InChI is InChI=1S/C24H22N2O3S3/c1-2-3-14-25-19(16-10-6-4-7-11-16)20(17-12-8-5-9-13-17)31-23(25)21-22(29)26(15-18(27)28)24(30)32-21/h4-13H,2-3,14-15H2,1H3,(H,27,28). The van der Waals surface area contributed by atoms with Gasteiger partial charge in [-0.1, -0.05) is 110 Å². The first-order valence-corrected chi connectivity index (χ1v) is 12.4. The molecule has 1 fully saturated rings. The third-order valence-electron chi connectivity index (χ3n) is 5.08. The van der Waals surface area contributed by atoms with Crippen molar-refractivity contribution in [3.8, 4) is 0 Å². The van der Waals surface area contributed by atoms with Gasteiger partial charge in [-0.15, -0.1) is 0 Å². The number of carboxylic acid groups (broad SMARTS) is 1. The number of benzene rings is 2. The molecule has 4 rings (SSSR count). The van der Waals surface area contributed by atoms with Crippen molar-refractivity contribution >= 4 is 62.5 Å². The van der Waals surface area contributed by atoms with E-state index in [9.17, 15) is 14.7 Å². The first-order valence-electron chi connectivity index (χ1n) is 10.3. The molecule has 0 bridgehead atoms. The molecule has 1 N–H and O–H groups in total. The zero-order chi connectivity index (χ0) is 22.7. The van der Waals surface area contributed by atoms with Crippen molar-refractivity contribution in [2.24, 2.45) is 0 Å². The number of hydrogen-bond acceptors (Lipinski definition) is 6. The van der Waals surface area contributed by atoms with Crippen molar-refractivity contribution in [3.05, 3.63) is 81.7 Å². The summed E-state index contributed by atoms with van der Waals surface area (Å²) < 4.78 is 0.283. The molecule has 0 spiro atoms. The van der Waals surface area contributed by atoms with Crippen molar-refractivity contribution in [2.45, 2.75) is 19.8 Å². The van der Waals surface area contributed by atoms with Crippen LogP contribution in [0.15, 0.2) is 70.6 Å². The van der Waals surface area contributed by atoms with Gasteiger partial charge in [-0.3, -0.25) is 14.5 Å². The Bertz CT molecular complexity index is 1110. The zero-order valence-electron chi connectivity index (χ0n) is 17.5. The molecule has 1 saturated heterocycles. The van der Waals surface area contributed by atoms with Gasteiger partial charge in [0, 0.05) is 11.4 Å². The molecule has 2 aliphatic rings. The lowest BCUT2D eigenvalue weighted by molar-refractivity contribution is -0.140. The van der Waals surface area contributed by atoms with E-state index in [0.717, 1.165) is 46.1 Å². The van der Waals surface area contributed by atoms with Gasteiger partial charge in [0.15, 0.2) is 0 Å². The highest BCUT2D eigenvalue weighted by Crippen LogP contribution is 2.54. The number of carbonyl (C=O) groups excluding carboxylic acids is 1. The Balaban J connectivity index is 1.85. The third kappa shape index (κ3) is 4.48. The van der Waals surface area contributed by atoms with Crippen LogP contribution in [-0.4, -0.2) is 44.2 Å². The van der Waals surface area contributed by atoms with E-state index in [1.54, 1.807) is 11.8 Å². The summed E-state index contributed by atoms with van der Waals surface area (Å²) in [5.74, 6) is -1.42. The Labute approximate surface area is 201 Å². The summed E-state index contributed by atoms with van der Waals surface area (Å²) in [6.45, 7) is 2.47. The third-order valence-corrected chi connectivity index (χ3v) is 7.90. The minimum absolute atomic E-state index is 0.283. The van der Waals surface area contributed by atoms with Crippen LogP contribution in [0.1, 0.15) is 30.9 Å². The molecule has 2 heterocycles. The molecule has 0 unspecified atom stereocenters. The molecule has 0 aromatic heterocycles. The van der Waals surface area contributed by atoms with E-state index in [4.69, 9.17) is 12.2 Å². The van der Waals surface area contributed by atoms with E-state index in [1.807, 2.05) is 36.4 Å². The van der Waals surface area contributed by atoms with Crippen LogP contribution >= 0.6 is 35.7 Å². The number of aliphatic carboxylic acids is 1. The summed E-state index contributed by atoms with van der Waals surface area (Å²) in [5, 5.41) is 10.0. The van der Waals surface area contributed by atoms with E-state index in [0.29, 0.717) is 4.91 Å². The van der Waals surface area contributed by atoms with E-state index in [2.05, 4.69) is 36.1 Å². The Morgan fingerprint density at radius 1 is 0.938 bits per heavy atom. The second-order valence-corrected chi connectivity index (χ2v) is 9.95. The molecule has 164 valence electrons. The van der Waals surface area contributed by atoms with Crippen molar-refractivity contribution in [2.75, 3.05) is 13.1 Å². The fourth-order valence-corrected chi connectivity index (χ4v) is 6.31. The van der Waals surface area contributed by atoms with Crippen LogP contribution in [0.3, 0.4) is 0 Å². The minimum Gasteiger partial charge on any atom is -0.480 e. The van der Waals surface area contributed by atoms with Gasteiger partial charge >= 0.3 is 5.97 Å². The van der Waals surface area contributed by atoms with E-state index in [-0.39, 0.29) is 10.2 Å². The van der Waals surface area contributed by atoms with Crippen LogP contribution in [0.2, 0.25) is 0 Å². The number of amides is 1. The second kappa shape index (κ2) is 9.94. The number of thioether (sulfide) groups is 2. The number of carboxylic acids is 1. The Morgan fingerprint density at radius 2 is 1.56 bits per heavy atom. The average Bonchev–Trinajstić information content (AvgIpc) is 3.31. The fourth-order valence-electron chi connectivity index (χ4n) is 3.59. The number of unbranched alkanes of at least 4 members (excludes halogenated alkanes) is 1. The summed E-state index contributed by atoms with van der Waals surface area (Å²) >= 11 is 8.10. The predicted octanol–water partition coefficient (Wildman–Crippen LogP) is 5.48. The van der Waals surface area contributed by atoms with Gasteiger partial charge in [-0.25, -0.2) is 0 Å². The number of rotatable bonds is 7. The van der Waals surface area contributed by atoms with Gasteiger partial charge in [0.2, 0.25) is 0 Å². The molecule has 2 aromatic carbocycles. The minimum atomic E-state index is -1.08. The number of carbonyl (C=O) groups is 2. The monoisotopic (exact) mass is 482 g/mol. The predicted molar refractivity (Wildman–Crippen MR) is 135 cm³/mol. The van der Waals surface area contributed by atoms with Gasteiger partial charge in [0.1, 0.15) is 20.8 Å². The van der Waals surface area contributed by atoms with Gasteiger partial charge in [0.05, 0.1) is 5.70 Å². The second-order valence-electron chi connectivity index (χ2n) is 7.30. The number of thiocarbonyl (C=S) groups is 1. The Kier molecular flexibility index (Phi) is 7.03. The highest BCUT2D eigenvalue weighted by Gasteiger charge is 2.41. The molecular formula is C24H22N2O3S3. The quantitative estimate of drug-likeness (QED) is 0.414. The molecule has 0 saturated carbocycles. The molecule has 32 heavy (non-hydrogen) atoms. The average molecular weight is 483 g/mol. The molecule has 5 nitrogen and oxygen atoms in total. The van der Waals surface area contributed by atoms with Gasteiger partial charge in [-0.05, 0) is 17.5 Å². The van der Waals surface area contributed by atoms with E-state index < -0.39 is 12.5 Å². The summed E-state index contributed by atoms with van der Waals surface area (Å²) in [6.07, 6.45) is 1.97. The molecule has 0 aliphatic carbocycles. The summed E-state index contributed by atoms with van der Waals surface area (Å²) in [7, 11) is 0. The SMILES string of the molecule is CCCCN1C(=C2SC(=S)N(CC(=O)O)C2=O)SC(c2ccccc2)=C1c1ccccc1. The lowest BCUT2D eigenvalue weighted by Crippen LogP contribution is -2.33. The molecule has 2 aromatic rings. The largest absolute Gasteiger partial charge is 0.480 e. The van der Waals surface area contributed by atoms with Crippen LogP contribution in [0.5, 0.6) is 0 Å². The summed E-state index contributed by atoms with van der Waals surface area (Å²) in [5.41, 5.74) is 3.22. The van der Waals surface area contributed by atoms with Gasteiger partial charge in [0.25, 0.3) is 5.91 Å². The first-order chi connectivity index (χ1) is 15.5. The van der Waals surface area contributed by atoms with Crippen LogP contribution in [0.25, 0.3) is 10.6 Å². The maximum atomic E-state index is 13.2. The van der Waals surface area contributed by atoms with Crippen LogP contribution < -0.4 is 0 Å². The van der Waals surface area contributed by atoms with Crippen LogP contribution in [0.4, 0.5) is 0 Å². The lowest BCUT2D eigenvalue weighted by atomic mass is 10.1. The maximum Gasteiger partial charge on any atom is 0.323 e. The molecule has 1 amide bonds. The molecule has 2 aliphatic heterocycles. The lowest BCUT2D eigenvalue weighted by Gasteiger charge is -2.24. The van der Waals surface area contributed by atoms with Crippen molar-refractivity contribution in [1.29, 1.82) is 0 Å². The van der Waals surface area contributed by atoms with E-state index in [1.165, 1.54) is 16.7 Å². The number of hydrogen-bond donors (Lipinski definition) is 1. The van der Waals surface area contributed by atoms with Crippen LogP contribution in [-0.2, 0) is 9.59 Å². The topological polar surface area (TPSA) is 60.9 Å². The molecule has 8 heteroatoms.